The summed E-state index contributed by atoms with van der Waals surface area (Å²) >= 11 is 0. The number of rotatable bonds is 8. The molecule has 0 radical (unpaired) electrons. The highest BCUT2D eigenvalue weighted by Gasteiger charge is 2.46. The lowest BCUT2D eigenvalue weighted by Crippen LogP contribution is -2.51. The molecule has 2 aromatic carbocycles. The summed E-state index contributed by atoms with van der Waals surface area (Å²) in [4.78, 5) is 37.3. The van der Waals surface area contributed by atoms with E-state index in [9.17, 15) is 32.7 Å². The maximum atomic E-state index is 13.7. The predicted molar refractivity (Wildman–Crippen MR) is 120 cm³/mol. The van der Waals surface area contributed by atoms with E-state index in [1.165, 1.54) is 6.92 Å². The molecule has 0 heterocycles. The number of alkyl halides is 3. The number of alkyl carbamates (subject to hydrolysis) is 1. The van der Waals surface area contributed by atoms with Crippen LogP contribution in [0, 0.1) is 0 Å². The molecule has 0 aliphatic heterocycles. The Kier molecular flexibility index (Phi) is 6.73. The molecular formula is C25H25F3N2O5. The third-order valence-electron chi connectivity index (χ3n) is 6.41. The minimum atomic E-state index is -4.93. The van der Waals surface area contributed by atoms with Gasteiger partial charge in [-0.15, -0.1) is 0 Å². The van der Waals surface area contributed by atoms with Gasteiger partial charge in [-0.1, -0.05) is 48.5 Å². The van der Waals surface area contributed by atoms with Crippen LogP contribution in [0.25, 0.3) is 11.1 Å². The molecule has 0 aromatic heterocycles. The van der Waals surface area contributed by atoms with E-state index in [0.717, 1.165) is 27.2 Å². The third-order valence-corrected chi connectivity index (χ3v) is 6.41. The minimum absolute atomic E-state index is 0.178. The summed E-state index contributed by atoms with van der Waals surface area (Å²) in [6.45, 7) is 1.07. The van der Waals surface area contributed by atoms with Crippen LogP contribution in [0.15, 0.2) is 48.5 Å². The molecule has 2 amide bonds. The van der Waals surface area contributed by atoms with Crippen molar-refractivity contribution >= 4 is 18.0 Å². The number of fused-ring (bicyclic) bond motifs is 3. The first-order valence-corrected chi connectivity index (χ1v) is 11.3. The van der Waals surface area contributed by atoms with Crippen LogP contribution in [0.4, 0.5) is 18.0 Å². The third kappa shape index (κ3) is 5.26. The Hall–Kier alpha value is -3.56. The zero-order valence-electron chi connectivity index (χ0n) is 18.9. The van der Waals surface area contributed by atoms with Crippen LogP contribution in [0.1, 0.15) is 43.2 Å². The lowest BCUT2D eigenvalue weighted by Gasteiger charge is -2.29. The maximum Gasteiger partial charge on any atom is 0.409 e. The van der Waals surface area contributed by atoms with E-state index in [4.69, 9.17) is 4.74 Å². The van der Waals surface area contributed by atoms with Gasteiger partial charge in [0.1, 0.15) is 18.7 Å². The number of carboxylic acids is 1. The lowest BCUT2D eigenvalue weighted by atomic mass is 9.98. The second kappa shape index (κ2) is 9.59. The Morgan fingerprint density at radius 1 is 1.06 bits per heavy atom. The maximum absolute atomic E-state index is 13.7. The quantitative estimate of drug-likeness (QED) is 0.575. The zero-order chi connectivity index (χ0) is 25.3. The molecule has 35 heavy (non-hydrogen) atoms. The van der Waals surface area contributed by atoms with Crippen LogP contribution in [0.3, 0.4) is 0 Å². The standard InChI is InChI=1S/C25H25F3N2O5/c1-14(23(32)33)30(15-10-11-15)22(31)12-21(25(26,27)28)29-24(34)35-13-20-18-8-4-2-6-16(18)17-7-3-5-9-19(17)20/h2-9,14-15,20-21H,10-13H2,1H3,(H,29,34)(H,32,33). The summed E-state index contributed by atoms with van der Waals surface area (Å²) in [5.74, 6) is -2.62. The van der Waals surface area contributed by atoms with Crippen LogP contribution in [-0.4, -0.2) is 58.9 Å². The van der Waals surface area contributed by atoms with Gasteiger partial charge < -0.3 is 20.1 Å². The first-order chi connectivity index (χ1) is 16.6. The van der Waals surface area contributed by atoms with E-state index in [-0.39, 0.29) is 12.5 Å². The molecule has 0 spiro atoms. The summed E-state index contributed by atoms with van der Waals surface area (Å²) in [5.41, 5.74) is 3.77. The molecule has 7 nitrogen and oxygen atoms in total. The topological polar surface area (TPSA) is 95.9 Å². The number of carboxylic acid groups (broad SMARTS) is 1. The monoisotopic (exact) mass is 490 g/mol. The normalized spacial score (nSPS) is 16.6. The summed E-state index contributed by atoms with van der Waals surface area (Å²) < 4.78 is 46.2. The fourth-order valence-corrected chi connectivity index (χ4v) is 4.52. The van der Waals surface area contributed by atoms with Crippen molar-refractivity contribution in [2.75, 3.05) is 6.61 Å². The largest absolute Gasteiger partial charge is 0.480 e. The Labute approximate surface area is 199 Å². The van der Waals surface area contributed by atoms with Gasteiger partial charge in [-0.2, -0.15) is 13.2 Å². The number of nitrogens with zero attached hydrogens (tertiary/aromatic N) is 1. The van der Waals surface area contributed by atoms with Gasteiger partial charge in [0.2, 0.25) is 5.91 Å². The number of halogens is 3. The highest BCUT2D eigenvalue weighted by atomic mass is 19.4. The molecule has 0 saturated heterocycles. The van der Waals surface area contributed by atoms with Crippen molar-refractivity contribution in [3.63, 3.8) is 0 Å². The summed E-state index contributed by atoms with van der Waals surface area (Å²) in [6.07, 6.45) is -6.28. The average molecular weight is 490 g/mol. The van der Waals surface area contributed by atoms with Crippen LogP contribution in [0.5, 0.6) is 0 Å². The molecule has 186 valence electrons. The van der Waals surface area contributed by atoms with E-state index in [1.54, 1.807) is 5.32 Å². The first kappa shape index (κ1) is 24.6. The Morgan fingerprint density at radius 2 is 1.60 bits per heavy atom. The fraction of sp³-hybridized carbons (Fsp3) is 0.400. The molecule has 0 bridgehead atoms. The molecule has 1 fully saturated rings. The van der Waals surface area contributed by atoms with E-state index in [0.29, 0.717) is 12.8 Å². The molecule has 10 heteroatoms. The number of carbonyl (C=O) groups excluding carboxylic acids is 2. The van der Waals surface area contributed by atoms with Crippen molar-refractivity contribution in [2.24, 2.45) is 0 Å². The number of benzene rings is 2. The van der Waals surface area contributed by atoms with Crippen molar-refractivity contribution in [1.29, 1.82) is 0 Å². The zero-order valence-corrected chi connectivity index (χ0v) is 18.9. The number of carbonyl (C=O) groups is 3. The van der Waals surface area contributed by atoms with Gasteiger partial charge in [0.25, 0.3) is 0 Å². The minimum Gasteiger partial charge on any atom is -0.480 e. The number of amides is 2. The first-order valence-electron chi connectivity index (χ1n) is 11.3. The Morgan fingerprint density at radius 3 is 2.09 bits per heavy atom. The van der Waals surface area contributed by atoms with Crippen molar-refractivity contribution in [2.45, 2.75) is 56.4 Å². The van der Waals surface area contributed by atoms with E-state index >= 15 is 0 Å². The highest BCUT2D eigenvalue weighted by molar-refractivity contribution is 5.85. The highest BCUT2D eigenvalue weighted by Crippen LogP contribution is 2.44. The molecule has 2 aliphatic carbocycles. The Bertz CT molecular complexity index is 1090. The smallest absolute Gasteiger partial charge is 0.409 e. The average Bonchev–Trinajstić information content (AvgIpc) is 3.58. The van der Waals surface area contributed by atoms with Crippen LogP contribution in [-0.2, 0) is 14.3 Å². The SMILES string of the molecule is CC(C(=O)O)N(C(=O)CC(NC(=O)OCC1c2ccccc2-c2ccccc21)C(F)(F)F)C1CC1. The van der Waals surface area contributed by atoms with Gasteiger partial charge in [0.05, 0.1) is 6.42 Å². The second-order valence-electron chi connectivity index (χ2n) is 8.81. The lowest BCUT2D eigenvalue weighted by molar-refractivity contribution is -0.166. The van der Waals surface area contributed by atoms with E-state index < -0.39 is 48.7 Å². The number of ether oxygens (including phenoxy) is 1. The molecule has 2 unspecified atom stereocenters. The fourth-order valence-electron chi connectivity index (χ4n) is 4.52. The van der Waals surface area contributed by atoms with Gasteiger partial charge in [-0.3, -0.25) is 4.79 Å². The van der Waals surface area contributed by atoms with Gasteiger partial charge >= 0.3 is 18.2 Å². The predicted octanol–water partition coefficient (Wildman–Crippen LogP) is 4.31. The molecule has 2 aromatic rings. The van der Waals surface area contributed by atoms with Gasteiger partial charge in [0.15, 0.2) is 0 Å². The van der Waals surface area contributed by atoms with Gasteiger partial charge in [-0.25, -0.2) is 9.59 Å². The van der Waals surface area contributed by atoms with Crippen LogP contribution >= 0.6 is 0 Å². The number of nitrogens with one attached hydrogen (secondary N) is 1. The molecule has 4 rings (SSSR count). The summed E-state index contributed by atoms with van der Waals surface area (Å²) in [5, 5.41) is 11.0. The molecule has 2 N–H and O–H groups in total. The van der Waals surface area contributed by atoms with Crippen LogP contribution < -0.4 is 5.32 Å². The van der Waals surface area contributed by atoms with E-state index in [2.05, 4.69) is 0 Å². The second-order valence-corrected chi connectivity index (χ2v) is 8.81. The number of hydrogen-bond acceptors (Lipinski definition) is 4. The summed E-state index contributed by atoms with van der Waals surface area (Å²) in [6, 6.07) is 10.9. The summed E-state index contributed by atoms with van der Waals surface area (Å²) in [7, 11) is 0. The van der Waals surface area contributed by atoms with Gasteiger partial charge in [0, 0.05) is 12.0 Å². The van der Waals surface area contributed by atoms with Crippen LogP contribution in [0.2, 0.25) is 0 Å². The molecule has 2 aliphatic rings. The van der Waals surface area contributed by atoms with Crippen molar-refractivity contribution in [3.05, 3.63) is 59.7 Å². The van der Waals surface area contributed by atoms with Crippen molar-refractivity contribution in [1.82, 2.24) is 10.2 Å². The molecule has 1 saturated carbocycles. The number of hydrogen-bond donors (Lipinski definition) is 2. The van der Waals surface area contributed by atoms with E-state index in [1.807, 2.05) is 48.5 Å². The van der Waals surface area contributed by atoms with Crippen molar-refractivity contribution in [3.8, 4) is 11.1 Å². The molecule has 2 atom stereocenters. The Balaban J connectivity index is 1.43. The van der Waals surface area contributed by atoms with Crippen molar-refractivity contribution < 1.29 is 37.4 Å². The molecular weight excluding hydrogens is 465 g/mol. The van der Waals surface area contributed by atoms with Gasteiger partial charge in [-0.05, 0) is 42.0 Å². The number of aliphatic carboxylic acids is 1.